The number of rotatable bonds is 20. The largest absolute Gasteiger partial charge is 0.463 e. The zero-order valence-electron chi connectivity index (χ0n) is 23.6. The zero-order chi connectivity index (χ0) is 27.5. The molecule has 0 heterocycles. The molecule has 2 rings (SSSR count). The molecule has 0 spiro atoms. The van der Waals surface area contributed by atoms with Crippen molar-refractivity contribution in [1.29, 1.82) is 0 Å². The van der Waals surface area contributed by atoms with Gasteiger partial charge in [-0.1, -0.05) is 121 Å². The van der Waals surface area contributed by atoms with Crippen LogP contribution in [0.1, 0.15) is 96.5 Å². The maximum Gasteiger partial charge on any atom is 0.342 e. The SMILES string of the molecule is C=CC(=O)OCCCCCCCCCCCCOC1(C(=O)OCC(C)CC)C=CC(c2ccccc2)=CC1. The highest BCUT2D eigenvalue weighted by molar-refractivity contribution is 5.86. The van der Waals surface area contributed by atoms with Crippen LogP contribution in [-0.4, -0.2) is 37.4 Å². The molecule has 0 fully saturated rings. The van der Waals surface area contributed by atoms with Gasteiger partial charge in [-0.3, -0.25) is 0 Å². The van der Waals surface area contributed by atoms with Crippen LogP contribution in [-0.2, 0) is 23.8 Å². The standard InChI is InChI=1S/C33H48O5/c1-4-28(3)27-37-32(35)33(23-21-30(22-24-33)29-19-15-14-16-20-29)38-26-18-13-11-9-7-6-8-10-12-17-25-36-31(34)5-2/h5,14-16,19-23,28H,2,4,6-13,17-18,24-27H2,1,3H3. The predicted molar refractivity (Wildman–Crippen MR) is 155 cm³/mol. The van der Waals surface area contributed by atoms with Gasteiger partial charge in [0.15, 0.2) is 5.60 Å². The predicted octanol–water partition coefficient (Wildman–Crippen LogP) is 8.00. The second-order valence-electron chi connectivity index (χ2n) is 10.3. The van der Waals surface area contributed by atoms with Gasteiger partial charge in [0, 0.05) is 19.1 Å². The highest BCUT2D eigenvalue weighted by atomic mass is 16.6. The Morgan fingerprint density at radius 2 is 1.53 bits per heavy atom. The molecular weight excluding hydrogens is 476 g/mol. The Morgan fingerprint density at radius 3 is 2.08 bits per heavy atom. The third-order valence-corrected chi connectivity index (χ3v) is 7.12. The summed E-state index contributed by atoms with van der Waals surface area (Å²) in [5.41, 5.74) is 1.21. The summed E-state index contributed by atoms with van der Waals surface area (Å²) in [6.45, 7) is 9.05. The summed E-state index contributed by atoms with van der Waals surface area (Å²) in [7, 11) is 0. The van der Waals surface area contributed by atoms with Crippen LogP contribution in [0.15, 0.2) is 61.2 Å². The van der Waals surface area contributed by atoms with E-state index in [2.05, 4.69) is 38.6 Å². The Hall–Kier alpha value is -2.66. The van der Waals surface area contributed by atoms with Gasteiger partial charge in [0.25, 0.3) is 0 Å². The first kappa shape index (κ1) is 31.6. The maximum absolute atomic E-state index is 13.1. The van der Waals surface area contributed by atoms with Crippen LogP contribution >= 0.6 is 0 Å². The van der Waals surface area contributed by atoms with Crippen LogP contribution in [0.4, 0.5) is 0 Å². The quantitative estimate of drug-likeness (QED) is 0.0982. The molecule has 0 saturated carbocycles. The lowest BCUT2D eigenvalue weighted by Crippen LogP contribution is -2.42. The molecule has 1 aliphatic carbocycles. The van der Waals surface area contributed by atoms with Crippen molar-refractivity contribution in [2.45, 2.75) is 96.5 Å². The van der Waals surface area contributed by atoms with Crippen LogP contribution in [0.2, 0.25) is 0 Å². The lowest BCUT2D eigenvalue weighted by molar-refractivity contribution is -0.167. The van der Waals surface area contributed by atoms with Gasteiger partial charge in [-0.25, -0.2) is 9.59 Å². The summed E-state index contributed by atoms with van der Waals surface area (Å²) in [5, 5.41) is 0. The average Bonchev–Trinajstić information content (AvgIpc) is 2.96. The van der Waals surface area contributed by atoms with Gasteiger partial charge in [-0.15, -0.1) is 0 Å². The van der Waals surface area contributed by atoms with Crippen molar-refractivity contribution < 1.29 is 23.8 Å². The van der Waals surface area contributed by atoms with E-state index < -0.39 is 5.60 Å². The Morgan fingerprint density at radius 1 is 0.921 bits per heavy atom. The molecule has 1 aliphatic rings. The van der Waals surface area contributed by atoms with Gasteiger partial charge in [0.05, 0.1) is 13.2 Å². The summed E-state index contributed by atoms with van der Waals surface area (Å²) in [6, 6.07) is 10.2. The Bertz CT molecular complexity index is 888. The van der Waals surface area contributed by atoms with Crippen LogP contribution in [0, 0.1) is 5.92 Å². The van der Waals surface area contributed by atoms with Crippen LogP contribution < -0.4 is 0 Å². The van der Waals surface area contributed by atoms with Gasteiger partial charge in [0.2, 0.25) is 0 Å². The Labute approximate surface area is 230 Å². The van der Waals surface area contributed by atoms with Crippen molar-refractivity contribution in [2.75, 3.05) is 19.8 Å². The van der Waals surface area contributed by atoms with Crippen molar-refractivity contribution in [3.63, 3.8) is 0 Å². The number of benzene rings is 1. The highest BCUT2D eigenvalue weighted by Gasteiger charge is 2.39. The summed E-state index contributed by atoms with van der Waals surface area (Å²) in [6.07, 6.45) is 20.0. The fraction of sp³-hybridized carbons (Fsp3) is 0.576. The summed E-state index contributed by atoms with van der Waals surface area (Å²) in [5.74, 6) is -0.284. The van der Waals surface area contributed by atoms with E-state index in [1.165, 1.54) is 44.6 Å². The first-order valence-electron chi connectivity index (χ1n) is 14.6. The number of ether oxygens (including phenoxy) is 3. The maximum atomic E-state index is 13.1. The van der Waals surface area contributed by atoms with Gasteiger partial charge in [-0.2, -0.15) is 0 Å². The molecule has 0 bridgehead atoms. The fourth-order valence-electron chi connectivity index (χ4n) is 4.35. The Balaban J connectivity index is 1.66. The first-order chi connectivity index (χ1) is 18.5. The van der Waals surface area contributed by atoms with Gasteiger partial charge in [0.1, 0.15) is 0 Å². The number of hydrogen-bond donors (Lipinski definition) is 0. The van der Waals surface area contributed by atoms with Crippen molar-refractivity contribution in [3.8, 4) is 0 Å². The van der Waals surface area contributed by atoms with Gasteiger partial charge >= 0.3 is 11.9 Å². The third kappa shape index (κ3) is 11.8. The second-order valence-corrected chi connectivity index (χ2v) is 10.3. The topological polar surface area (TPSA) is 61.8 Å². The van der Waals surface area contributed by atoms with Crippen molar-refractivity contribution in [2.24, 2.45) is 5.92 Å². The molecule has 5 nitrogen and oxygen atoms in total. The number of carbonyl (C=O) groups excluding carboxylic acids is 2. The second kappa shape index (κ2) is 18.6. The Kier molecular flexibility index (Phi) is 15.4. The van der Waals surface area contributed by atoms with E-state index in [0.29, 0.717) is 32.2 Å². The van der Waals surface area contributed by atoms with Crippen molar-refractivity contribution in [3.05, 3.63) is 66.8 Å². The van der Waals surface area contributed by atoms with Crippen LogP contribution in [0.25, 0.3) is 5.57 Å². The number of hydrogen-bond acceptors (Lipinski definition) is 5. The summed E-state index contributed by atoms with van der Waals surface area (Å²) < 4.78 is 16.9. The lowest BCUT2D eigenvalue weighted by Gasteiger charge is -2.31. The minimum Gasteiger partial charge on any atom is -0.463 e. The van der Waals surface area contributed by atoms with Crippen molar-refractivity contribution in [1.82, 2.24) is 0 Å². The van der Waals surface area contributed by atoms with Crippen LogP contribution in [0.5, 0.6) is 0 Å². The number of carbonyl (C=O) groups is 2. The van der Waals surface area contributed by atoms with Crippen molar-refractivity contribution >= 4 is 17.5 Å². The van der Waals surface area contributed by atoms with E-state index in [1.54, 1.807) is 0 Å². The molecule has 2 unspecified atom stereocenters. The number of esters is 2. The molecule has 0 aliphatic heterocycles. The fourth-order valence-corrected chi connectivity index (χ4v) is 4.35. The summed E-state index contributed by atoms with van der Waals surface area (Å²) >= 11 is 0. The third-order valence-electron chi connectivity index (χ3n) is 7.12. The average molecular weight is 525 g/mol. The molecule has 0 radical (unpaired) electrons. The normalized spacial score (nSPS) is 17.5. The molecule has 210 valence electrons. The smallest absolute Gasteiger partial charge is 0.342 e. The molecule has 0 aromatic heterocycles. The molecule has 1 aromatic rings. The monoisotopic (exact) mass is 524 g/mol. The summed E-state index contributed by atoms with van der Waals surface area (Å²) in [4.78, 5) is 24.1. The van der Waals surface area contributed by atoms with E-state index in [0.717, 1.165) is 43.2 Å². The van der Waals surface area contributed by atoms with E-state index in [1.807, 2.05) is 30.4 Å². The van der Waals surface area contributed by atoms with Gasteiger partial charge in [-0.05, 0) is 36.0 Å². The molecule has 0 N–H and O–H groups in total. The van der Waals surface area contributed by atoms with E-state index in [4.69, 9.17) is 14.2 Å². The molecule has 2 atom stereocenters. The van der Waals surface area contributed by atoms with Crippen LogP contribution in [0.3, 0.4) is 0 Å². The van der Waals surface area contributed by atoms with E-state index in [-0.39, 0.29) is 11.9 Å². The molecule has 0 amide bonds. The molecular formula is C33H48O5. The molecule has 1 aromatic carbocycles. The number of unbranched alkanes of at least 4 members (excludes halogenated alkanes) is 9. The van der Waals surface area contributed by atoms with E-state index in [9.17, 15) is 9.59 Å². The highest BCUT2D eigenvalue weighted by Crippen LogP contribution is 2.31. The minimum absolute atomic E-state index is 0.281. The zero-order valence-corrected chi connectivity index (χ0v) is 23.6. The van der Waals surface area contributed by atoms with E-state index >= 15 is 0 Å². The number of allylic oxidation sites excluding steroid dienone is 2. The van der Waals surface area contributed by atoms with Gasteiger partial charge < -0.3 is 14.2 Å². The molecule has 0 saturated heterocycles. The molecule has 5 heteroatoms. The molecule has 38 heavy (non-hydrogen) atoms. The minimum atomic E-state index is -1.03. The first-order valence-corrected chi connectivity index (χ1v) is 14.6. The lowest BCUT2D eigenvalue weighted by atomic mass is 9.89.